The van der Waals surface area contributed by atoms with Crippen molar-refractivity contribution < 1.29 is 0 Å². The Morgan fingerprint density at radius 2 is 1.79 bits per heavy atom. The SMILES string of the molecule is CN(Cc1cccnc1)C12CC3CC(CC(C3)C1)C2. The topological polar surface area (TPSA) is 16.1 Å². The summed E-state index contributed by atoms with van der Waals surface area (Å²) in [5, 5.41) is 0. The molecule has 0 amide bonds. The molecule has 0 spiro atoms. The summed E-state index contributed by atoms with van der Waals surface area (Å²) < 4.78 is 0. The van der Waals surface area contributed by atoms with Crippen molar-refractivity contribution in [1.29, 1.82) is 0 Å². The summed E-state index contributed by atoms with van der Waals surface area (Å²) in [6, 6.07) is 4.27. The average Bonchev–Trinajstić information content (AvgIpc) is 2.38. The summed E-state index contributed by atoms with van der Waals surface area (Å²) in [4.78, 5) is 6.92. The summed E-state index contributed by atoms with van der Waals surface area (Å²) in [6.07, 6.45) is 12.8. The molecule has 2 heteroatoms. The molecule has 4 fully saturated rings. The Balaban J connectivity index is 1.55. The highest BCUT2D eigenvalue weighted by atomic mass is 15.2. The molecule has 0 N–H and O–H groups in total. The molecule has 19 heavy (non-hydrogen) atoms. The highest BCUT2D eigenvalue weighted by Gasteiger charge is 2.52. The van der Waals surface area contributed by atoms with Crippen LogP contribution >= 0.6 is 0 Å². The summed E-state index contributed by atoms with van der Waals surface area (Å²) >= 11 is 0. The van der Waals surface area contributed by atoms with Crippen LogP contribution in [0.3, 0.4) is 0 Å². The van der Waals surface area contributed by atoms with Crippen molar-refractivity contribution in [2.45, 2.75) is 50.6 Å². The number of hydrogen-bond donors (Lipinski definition) is 0. The van der Waals surface area contributed by atoms with E-state index >= 15 is 0 Å². The Morgan fingerprint density at radius 3 is 2.32 bits per heavy atom. The Morgan fingerprint density at radius 1 is 1.16 bits per heavy atom. The lowest BCUT2D eigenvalue weighted by Gasteiger charge is -2.60. The van der Waals surface area contributed by atoms with E-state index in [0.29, 0.717) is 5.54 Å². The molecule has 0 aromatic carbocycles. The van der Waals surface area contributed by atoms with Gasteiger partial charge in [0, 0.05) is 24.5 Å². The van der Waals surface area contributed by atoms with Gasteiger partial charge in [-0.25, -0.2) is 0 Å². The van der Waals surface area contributed by atoms with Gasteiger partial charge in [-0.15, -0.1) is 0 Å². The van der Waals surface area contributed by atoms with Crippen LogP contribution in [0.1, 0.15) is 44.1 Å². The van der Waals surface area contributed by atoms with Crippen LogP contribution in [0, 0.1) is 17.8 Å². The summed E-state index contributed by atoms with van der Waals surface area (Å²) in [6.45, 7) is 1.07. The van der Waals surface area contributed by atoms with Gasteiger partial charge in [-0.05, 0) is 75.0 Å². The monoisotopic (exact) mass is 256 g/mol. The number of aromatic nitrogens is 1. The summed E-state index contributed by atoms with van der Waals surface area (Å²) in [5.74, 6) is 3.09. The zero-order valence-corrected chi connectivity index (χ0v) is 11.9. The third kappa shape index (κ3) is 2.01. The Kier molecular flexibility index (Phi) is 2.70. The van der Waals surface area contributed by atoms with Crippen LogP contribution in [0.25, 0.3) is 0 Å². The number of nitrogens with zero attached hydrogens (tertiary/aromatic N) is 2. The molecule has 0 saturated heterocycles. The normalized spacial score (nSPS) is 40.0. The Labute approximate surface area is 116 Å². The third-order valence-corrected chi connectivity index (χ3v) is 5.96. The molecule has 0 aliphatic heterocycles. The van der Waals surface area contributed by atoms with Crippen LogP contribution in [-0.2, 0) is 6.54 Å². The van der Waals surface area contributed by atoms with Gasteiger partial charge in [0.25, 0.3) is 0 Å². The lowest BCUT2D eigenvalue weighted by atomic mass is 9.52. The second-order valence-corrected chi connectivity index (χ2v) is 7.36. The third-order valence-electron chi connectivity index (χ3n) is 5.96. The first kappa shape index (κ1) is 11.9. The van der Waals surface area contributed by atoms with E-state index in [0.717, 1.165) is 24.3 Å². The molecule has 4 aliphatic rings. The molecule has 1 heterocycles. The van der Waals surface area contributed by atoms with Gasteiger partial charge in [0.1, 0.15) is 0 Å². The number of rotatable bonds is 3. The molecule has 1 aromatic rings. The van der Waals surface area contributed by atoms with Gasteiger partial charge >= 0.3 is 0 Å². The summed E-state index contributed by atoms with van der Waals surface area (Å²) in [7, 11) is 2.35. The van der Waals surface area contributed by atoms with Crippen LogP contribution < -0.4 is 0 Å². The molecule has 1 aromatic heterocycles. The van der Waals surface area contributed by atoms with Crippen molar-refractivity contribution in [3.8, 4) is 0 Å². The van der Waals surface area contributed by atoms with Crippen molar-refractivity contribution in [2.24, 2.45) is 17.8 Å². The van der Waals surface area contributed by atoms with E-state index in [2.05, 4.69) is 29.1 Å². The fraction of sp³-hybridized carbons (Fsp3) is 0.706. The van der Waals surface area contributed by atoms with Crippen LogP contribution in [0.2, 0.25) is 0 Å². The van der Waals surface area contributed by atoms with E-state index < -0.39 is 0 Å². The van der Waals surface area contributed by atoms with E-state index in [1.807, 2.05) is 12.4 Å². The first-order valence-electron chi connectivity index (χ1n) is 7.84. The zero-order valence-electron chi connectivity index (χ0n) is 11.9. The lowest BCUT2D eigenvalue weighted by molar-refractivity contribution is -0.0822. The van der Waals surface area contributed by atoms with E-state index in [1.54, 1.807) is 0 Å². The second kappa shape index (κ2) is 4.31. The largest absolute Gasteiger partial charge is 0.296 e. The quantitative estimate of drug-likeness (QED) is 0.823. The minimum atomic E-state index is 0.518. The van der Waals surface area contributed by atoms with E-state index in [9.17, 15) is 0 Å². The maximum Gasteiger partial charge on any atom is 0.0312 e. The predicted molar refractivity (Wildman–Crippen MR) is 76.6 cm³/mol. The van der Waals surface area contributed by atoms with Gasteiger partial charge in [-0.3, -0.25) is 9.88 Å². The predicted octanol–water partition coefficient (Wildman–Crippen LogP) is 3.48. The highest BCUT2D eigenvalue weighted by Crippen LogP contribution is 2.57. The molecule has 4 aliphatic carbocycles. The lowest BCUT2D eigenvalue weighted by Crippen LogP contribution is -2.58. The minimum absolute atomic E-state index is 0.518. The smallest absolute Gasteiger partial charge is 0.0312 e. The van der Waals surface area contributed by atoms with E-state index in [1.165, 1.54) is 44.1 Å². The van der Waals surface area contributed by atoms with E-state index in [-0.39, 0.29) is 0 Å². The molecular weight excluding hydrogens is 232 g/mol. The Bertz CT molecular complexity index is 418. The summed E-state index contributed by atoms with van der Waals surface area (Å²) in [5.41, 5.74) is 1.88. The molecule has 102 valence electrons. The van der Waals surface area contributed by atoms with Crippen molar-refractivity contribution in [1.82, 2.24) is 9.88 Å². The second-order valence-electron chi connectivity index (χ2n) is 7.36. The molecule has 0 atom stereocenters. The maximum atomic E-state index is 4.26. The van der Waals surface area contributed by atoms with Gasteiger partial charge in [0.2, 0.25) is 0 Å². The van der Waals surface area contributed by atoms with Crippen molar-refractivity contribution in [2.75, 3.05) is 7.05 Å². The van der Waals surface area contributed by atoms with Crippen LogP contribution in [0.4, 0.5) is 0 Å². The van der Waals surface area contributed by atoms with Crippen LogP contribution in [0.5, 0.6) is 0 Å². The molecule has 5 rings (SSSR count). The molecule has 0 unspecified atom stereocenters. The van der Waals surface area contributed by atoms with Gasteiger partial charge < -0.3 is 0 Å². The van der Waals surface area contributed by atoms with Gasteiger partial charge in [-0.2, -0.15) is 0 Å². The fourth-order valence-corrected chi connectivity index (χ4v) is 5.47. The van der Waals surface area contributed by atoms with Crippen molar-refractivity contribution in [3.05, 3.63) is 30.1 Å². The molecule has 4 bridgehead atoms. The van der Waals surface area contributed by atoms with Gasteiger partial charge in [0.15, 0.2) is 0 Å². The first-order chi connectivity index (χ1) is 9.23. The van der Waals surface area contributed by atoms with Crippen LogP contribution in [-0.4, -0.2) is 22.5 Å². The fourth-order valence-electron chi connectivity index (χ4n) is 5.47. The first-order valence-corrected chi connectivity index (χ1v) is 7.84. The zero-order chi connectivity index (χ0) is 12.9. The molecule has 2 nitrogen and oxygen atoms in total. The number of hydrogen-bond acceptors (Lipinski definition) is 2. The maximum absolute atomic E-state index is 4.26. The van der Waals surface area contributed by atoms with Crippen molar-refractivity contribution in [3.63, 3.8) is 0 Å². The minimum Gasteiger partial charge on any atom is -0.296 e. The molecule has 4 saturated carbocycles. The van der Waals surface area contributed by atoms with Gasteiger partial charge in [-0.1, -0.05) is 6.07 Å². The molecular formula is C17H24N2. The number of pyridine rings is 1. The van der Waals surface area contributed by atoms with Crippen LogP contribution in [0.15, 0.2) is 24.5 Å². The average molecular weight is 256 g/mol. The van der Waals surface area contributed by atoms with E-state index in [4.69, 9.17) is 0 Å². The van der Waals surface area contributed by atoms with Gasteiger partial charge in [0.05, 0.1) is 0 Å². The molecule has 0 radical (unpaired) electrons. The van der Waals surface area contributed by atoms with Crippen molar-refractivity contribution >= 4 is 0 Å². The highest BCUT2D eigenvalue weighted by molar-refractivity contribution is 5.12. The Hall–Kier alpha value is -0.890. The standard InChI is InChI=1S/C17H24N2/c1-19(12-13-3-2-4-18-11-13)17-8-14-5-15(9-17)7-16(6-14)10-17/h2-4,11,14-16H,5-10,12H2,1H3.